The Morgan fingerprint density at radius 1 is 1.47 bits per heavy atom. The van der Waals surface area contributed by atoms with E-state index in [2.05, 4.69) is 10.3 Å². The van der Waals surface area contributed by atoms with Gasteiger partial charge in [0.25, 0.3) is 11.5 Å². The summed E-state index contributed by atoms with van der Waals surface area (Å²) in [5.74, 6) is -0.527. The minimum absolute atomic E-state index is 0.119. The number of amides is 1. The number of carbonyl (C=O) groups is 1. The van der Waals surface area contributed by atoms with E-state index in [-0.39, 0.29) is 5.56 Å². The zero-order chi connectivity index (χ0) is 11.3. The van der Waals surface area contributed by atoms with E-state index in [1.807, 2.05) is 4.98 Å². The summed E-state index contributed by atoms with van der Waals surface area (Å²) in [7, 11) is 0. The fourth-order valence-electron chi connectivity index (χ4n) is 0.978. The summed E-state index contributed by atoms with van der Waals surface area (Å²) in [6, 6.07) is 0. The van der Waals surface area contributed by atoms with E-state index in [4.69, 9.17) is 5.73 Å². The van der Waals surface area contributed by atoms with Gasteiger partial charge in [-0.05, 0) is 13.0 Å². The van der Waals surface area contributed by atoms with Gasteiger partial charge in [-0.3, -0.25) is 14.6 Å². The Labute approximate surface area is 84.7 Å². The highest BCUT2D eigenvalue weighted by atomic mass is 16.2. The molecule has 0 aromatic carbocycles. The Morgan fingerprint density at radius 2 is 2.20 bits per heavy atom. The maximum Gasteiger partial charge on any atom is 0.325 e. The van der Waals surface area contributed by atoms with Crippen LogP contribution in [0.4, 0.5) is 0 Å². The number of nitrogens with one attached hydrogen (secondary N) is 3. The van der Waals surface area contributed by atoms with Crippen LogP contribution in [-0.2, 0) is 0 Å². The smallest absolute Gasteiger partial charge is 0.325 e. The minimum atomic E-state index is -0.705. The molecule has 5 N–H and O–H groups in total. The number of carbonyl (C=O) groups excluding carboxylic acids is 1. The Kier molecular flexibility index (Phi) is 3.81. The average Bonchev–Trinajstić information content (AvgIpc) is 2.17. The number of aromatic nitrogens is 2. The lowest BCUT2D eigenvalue weighted by molar-refractivity contribution is 0.0951. The average molecular weight is 212 g/mol. The molecule has 0 aliphatic heterocycles. The van der Waals surface area contributed by atoms with Crippen molar-refractivity contribution < 1.29 is 4.79 Å². The van der Waals surface area contributed by atoms with E-state index in [0.29, 0.717) is 19.5 Å². The molecule has 15 heavy (non-hydrogen) atoms. The normalized spacial score (nSPS) is 9.93. The van der Waals surface area contributed by atoms with E-state index < -0.39 is 17.2 Å². The molecule has 0 fully saturated rings. The summed E-state index contributed by atoms with van der Waals surface area (Å²) >= 11 is 0. The lowest BCUT2D eigenvalue weighted by atomic mass is 10.3. The van der Waals surface area contributed by atoms with Crippen molar-refractivity contribution in [2.24, 2.45) is 5.73 Å². The summed E-state index contributed by atoms with van der Waals surface area (Å²) in [4.78, 5) is 37.4. The van der Waals surface area contributed by atoms with Crippen LogP contribution in [0.1, 0.15) is 16.8 Å². The predicted octanol–water partition coefficient (Wildman–Crippen LogP) is -1.86. The summed E-state index contributed by atoms with van der Waals surface area (Å²) in [6.45, 7) is 0.857. The van der Waals surface area contributed by atoms with Crippen molar-refractivity contribution >= 4 is 5.91 Å². The number of nitrogens with two attached hydrogens (primary N) is 1. The molecule has 0 unspecified atom stereocenters. The number of aromatic amines is 2. The van der Waals surface area contributed by atoms with Crippen molar-refractivity contribution in [3.8, 4) is 0 Å². The molecule has 7 nitrogen and oxygen atoms in total. The third kappa shape index (κ3) is 3.06. The quantitative estimate of drug-likeness (QED) is 0.437. The molecule has 0 spiro atoms. The Morgan fingerprint density at radius 3 is 2.80 bits per heavy atom. The first-order valence-corrected chi connectivity index (χ1v) is 4.45. The Hall–Kier alpha value is -1.89. The van der Waals surface area contributed by atoms with Gasteiger partial charge in [-0.25, -0.2) is 4.79 Å². The van der Waals surface area contributed by atoms with Crippen LogP contribution in [0.15, 0.2) is 15.8 Å². The molecule has 0 bridgehead atoms. The SMILES string of the molecule is NCCCNC(=O)c1c[nH]c(=O)[nH]c1=O. The second-order valence-electron chi connectivity index (χ2n) is 2.88. The maximum atomic E-state index is 11.4. The summed E-state index contributed by atoms with van der Waals surface area (Å²) in [5, 5.41) is 2.50. The standard InChI is InChI=1S/C8H12N4O3/c9-2-1-3-10-6(13)5-4-11-8(15)12-7(5)14/h4H,1-3,9H2,(H,10,13)(H2,11,12,14,15). The molecule has 1 aromatic heterocycles. The van der Waals surface area contributed by atoms with Gasteiger partial charge in [0, 0.05) is 12.7 Å². The predicted molar refractivity (Wildman–Crippen MR) is 53.7 cm³/mol. The van der Waals surface area contributed by atoms with Crippen molar-refractivity contribution in [2.75, 3.05) is 13.1 Å². The van der Waals surface area contributed by atoms with Crippen molar-refractivity contribution in [1.82, 2.24) is 15.3 Å². The van der Waals surface area contributed by atoms with Gasteiger partial charge < -0.3 is 16.0 Å². The first-order valence-electron chi connectivity index (χ1n) is 4.45. The van der Waals surface area contributed by atoms with Crippen LogP contribution in [0.5, 0.6) is 0 Å². The molecular weight excluding hydrogens is 200 g/mol. The first kappa shape index (κ1) is 11.2. The van der Waals surface area contributed by atoms with E-state index in [9.17, 15) is 14.4 Å². The molecule has 0 atom stereocenters. The molecule has 7 heteroatoms. The molecule has 0 saturated carbocycles. The zero-order valence-electron chi connectivity index (χ0n) is 8.00. The Balaban J connectivity index is 2.74. The molecule has 1 heterocycles. The monoisotopic (exact) mass is 212 g/mol. The first-order chi connectivity index (χ1) is 7.15. The Bertz CT molecular complexity index is 448. The van der Waals surface area contributed by atoms with Gasteiger partial charge in [-0.1, -0.05) is 0 Å². The van der Waals surface area contributed by atoms with Gasteiger partial charge in [0.05, 0.1) is 0 Å². The second kappa shape index (κ2) is 5.11. The van der Waals surface area contributed by atoms with Gasteiger partial charge in [0.1, 0.15) is 5.56 Å². The van der Waals surface area contributed by atoms with Crippen LogP contribution in [0.25, 0.3) is 0 Å². The van der Waals surface area contributed by atoms with Crippen LogP contribution < -0.4 is 22.3 Å². The largest absolute Gasteiger partial charge is 0.352 e. The van der Waals surface area contributed by atoms with Gasteiger partial charge in [0.15, 0.2) is 0 Å². The molecule has 0 aliphatic rings. The minimum Gasteiger partial charge on any atom is -0.352 e. The highest BCUT2D eigenvalue weighted by Gasteiger charge is 2.09. The molecule has 0 radical (unpaired) electrons. The molecule has 1 amide bonds. The summed E-state index contributed by atoms with van der Waals surface area (Å²) in [5.41, 5.74) is 3.77. The van der Waals surface area contributed by atoms with Crippen molar-refractivity contribution in [2.45, 2.75) is 6.42 Å². The van der Waals surface area contributed by atoms with Crippen LogP contribution in [0.3, 0.4) is 0 Å². The van der Waals surface area contributed by atoms with Gasteiger partial charge in [0.2, 0.25) is 0 Å². The van der Waals surface area contributed by atoms with Crippen molar-refractivity contribution in [3.63, 3.8) is 0 Å². The maximum absolute atomic E-state index is 11.4. The summed E-state index contributed by atoms with van der Waals surface area (Å²) < 4.78 is 0. The third-order valence-corrected chi connectivity index (χ3v) is 1.73. The third-order valence-electron chi connectivity index (χ3n) is 1.73. The van der Waals surface area contributed by atoms with Crippen molar-refractivity contribution in [3.05, 3.63) is 32.6 Å². The lowest BCUT2D eigenvalue weighted by Crippen LogP contribution is -2.34. The molecule has 0 saturated heterocycles. The van der Waals surface area contributed by atoms with E-state index in [1.165, 1.54) is 0 Å². The lowest BCUT2D eigenvalue weighted by Gasteiger charge is -2.02. The molecule has 1 rings (SSSR count). The highest BCUT2D eigenvalue weighted by Crippen LogP contribution is 1.84. The van der Waals surface area contributed by atoms with Gasteiger partial charge in [-0.15, -0.1) is 0 Å². The zero-order valence-corrected chi connectivity index (χ0v) is 8.00. The fraction of sp³-hybridized carbons (Fsp3) is 0.375. The highest BCUT2D eigenvalue weighted by molar-refractivity contribution is 5.93. The van der Waals surface area contributed by atoms with Crippen LogP contribution in [0, 0.1) is 0 Å². The van der Waals surface area contributed by atoms with E-state index >= 15 is 0 Å². The van der Waals surface area contributed by atoms with Crippen molar-refractivity contribution in [1.29, 1.82) is 0 Å². The fourth-order valence-corrected chi connectivity index (χ4v) is 0.978. The van der Waals surface area contributed by atoms with Crippen LogP contribution >= 0.6 is 0 Å². The van der Waals surface area contributed by atoms with Gasteiger partial charge in [-0.2, -0.15) is 0 Å². The number of hydrogen-bond donors (Lipinski definition) is 4. The second-order valence-corrected chi connectivity index (χ2v) is 2.88. The van der Waals surface area contributed by atoms with Gasteiger partial charge >= 0.3 is 5.69 Å². The number of rotatable bonds is 4. The molecule has 0 aliphatic carbocycles. The summed E-state index contributed by atoms with van der Waals surface area (Å²) in [6.07, 6.45) is 1.71. The number of H-pyrrole nitrogens is 2. The van der Waals surface area contributed by atoms with E-state index in [1.54, 1.807) is 0 Å². The van der Waals surface area contributed by atoms with Crippen LogP contribution in [-0.4, -0.2) is 29.0 Å². The van der Waals surface area contributed by atoms with Crippen LogP contribution in [0.2, 0.25) is 0 Å². The number of hydrogen-bond acceptors (Lipinski definition) is 4. The molecule has 82 valence electrons. The molecular formula is C8H12N4O3. The van der Waals surface area contributed by atoms with E-state index in [0.717, 1.165) is 6.20 Å². The molecule has 1 aromatic rings. The topological polar surface area (TPSA) is 121 Å².